The molecule has 0 saturated heterocycles. The first-order chi connectivity index (χ1) is 15.6. The second kappa shape index (κ2) is 9.75. The summed E-state index contributed by atoms with van der Waals surface area (Å²) in [6.07, 6.45) is 1.60. The van der Waals surface area contributed by atoms with E-state index in [-0.39, 0.29) is 5.91 Å². The van der Waals surface area contributed by atoms with E-state index >= 15 is 0 Å². The molecular weight excluding hydrogens is 400 g/mol. The van der Waals surface area contributed by atoms with E-state index in [0.29, 0.717) is 18.0 Å². The normalized spacial score (nSPS) is 10.9. The van der Waals surface area contributed by atoms with Crippen LogP contribution in [-0.4, -0.2) is 22.3 Å². The van der Waals surface area contributed by atoms with Crippen LogP contribution >= 0.6 is 0 Å². The van der Waals surface area contributed by atoms with Gasteiger partial charge in [0.15, 0.2) is 0 Å². The number of aromatic nitrogens is 2. The van der Waals surface area contributed by atoms with Crippen molar-refractivity contribution in [2.45, 2.75) is 20.5 Å². The molecule has 0 aliphatic rings. The number of nitrogens with one attached hydrogen (secondary N) is 2. The Bertz CT molecular complexity index is 1210. The number of H-pyrrole nitrogens is 1. The molecule has 0 aliphatic heterocycles. The molecule has 0 radical (unpaired) electrons. The highest BCUT2D eigenvalue weighted by molar-refractivity contribution is 5.94. The zero-order valence-corrected chi connectivity index (χ0v) is 18.0. The van der Waals surface area contributed by atoms with E-state index in [9.17, 15) is 4.79 Å². The van der Waals surface area contributed by atoms with Gasteiger partial charge in [-0.3, -0.25) is 9.89 Å². The van der Waals surface area contributed by atoms with Crippen LogP contribution in [-0.2, 0) is 6.61 Å². The maximum Gasteiger partial charge on any atom is 0.289 e. The number of aryl methyl sites for hydroxylation is 2. The van der Waals surface area contributed by atoms with E-state index in [0.717, 1.165) is 22.4 Å². The maximum absolute atomic E-state index is 12.3. The molecule has 6 heteroatoms. The van der Waals surface area contributed by atoms with Crippen molar-refractivity contribution < 1.29 is 9.53 Å². The van der Waals surface area contributed by atoms with Crippen LogP contribution in [0.25, 0.3) is 11.3 Å². The van der Waals surface area contributed by atoms with Crippen molar-refractivity contribution in [1.29, 1.82) is 0 Å². The third kappa shape index (κ3) is 5.49. The van der Waals surface area contributed by atoms with Gasteiger partial charge in [-0.2, -0.15) is 10.2 Å². The molecule has 0 saturated carbocycles. The number of amides is 1. The monoisotopic (exact) mass is 424 g/mol. The summed E-state index contributed by atoms with van der Waals surface area (Å²) in [6, 6.07) is 25.4. The first kappa shape index (κ1) is 21.1. The van der Waals surface area contributed by atoms with Crippen molar-refractivity contribution in [2.24, 2.45) is 5.10 Å². The second-order valence-electron chi connectivity index (χ2n) is 7.58. The summed E-state index contributed by atoms with van der Waals surface area (Å²) < 4.78 is 5.85. The van der Waals surface area contributed by atoms with Crippen LogP contribution in [0.15, 0.2) is 84.0 Å². The Labute approximate surface area is 187 Å². The topological polar surface area (TPSA) is 79.4 Å². The molecule has 0 fully saturated rings. The predicted molar refractivity (Wildman–Crippen MR) is 126 cm³/mol. The molecule has 4 aromatic rings. The van der Waals surface area contributed by atoms with Gasteiger partial charge >= 0.3 is 0 Å². The first-order valence-electron chi connectivity index (χ1n) is 10.3. The molecule has 0 aliphatic carbocycles. The van der Waals surface area contributed by atoms with Gasteiger partial charge in [0.05, 0.1) is 11.9 Å². The molecular formula is C26H24N4O2. The number of ether oxygens (including phenoxy) is 1. The number of rotatable bonds is 7. The third-order valence-electron chi connectivity index (χ3n) is 4.96. The van der Waals surface area contributed by atoms with E-state index in [1.807, 2.05) is 55.5 Å². The largest absolute Gasteiger partial charge is 0.489 e. The Morgan fingerprint density at radius 2 is 1.62 bits per heavy atom. The highest BCUT2D eigenvalue weighted by Gasteiger charge is 2.10. The molecule has 0 unspecified atom stereocenters. The van der Waals surface area contributed by atoms with Crippen molar-refractivity contribution >= 4 is 12.1 Å². The summed E-state index contributed by atoms with van der Waals surface area (Å²) in [6.45, 7) is 4.59. The van der Waals surface area contributed by atoms with Gasteiger partial charge in [0, 0.05) is 5.56 Å². The summed E-state index contributed by atoms with van der Waals surface area (Å²) in [5.74, 6) is 0.415. The Hall–Kier alpha value is -4.19. The highest BCUT2D eigenvalue weighted by atomic mass is 16.5. The minimum Gasteiger partial charge on any atom is -0.489 e. The number of carbonyl (C=O) groups is 1. The molecule has 6 nitrogen and oxygen atoms in total. The molecule has 0 bridgehead atoms. The van der Waals surface area contributed by atoms with Crippen LogP contribution in [0, 0.1) is 13.8 Å². The van der Waals surface area contributed by atoms with Gasteiger partial charge in [0.1, 0.15) is 18.1 Å². The van der Waals surface area contributed by atoms with E-state index in [2.05, 4.69) is 51.9 Å². The number of hydrogen-bond acceptors (Lipinski definition) is 4. The van der Waals surface area contributed by atoms with Gasteiger partial charge in [-0.05, 0) is 55.3 Å². The van der Waals surface area contributed by atoms with E-state index in [4.69, 9.17) is 4.74 Å². The second-order valence-corrected chi connectivity index (χ2v) is 7.58. The fourth-order valence-corrected chi connectivity index (χ4v) is 3.04. The van der Waals surface area contributed by atoms with Crippen molar-refractivity contribution in [3.8, 4) is 17.0 Å². The molecule has 2 N–H and O–H groups in total. The van der Waals surface area contributed by atoms with E-state index < -0.39 is 0 Å². The minimum absolute atomic E-state index is 0.334. The average molecular weight is 425 g/mol. The van der Waals surface area contributed by atoms with Gasteiger partial charge in [0.25, 0.3) is 5.91 Å². The van der Waals surface area contributed by atoms with Gasteiger partial charge in [0.2, 0.25) is 0 Å². The lowest BCUT2D eigenvalue weighted by atomic mass is 10.1. The first-order valence-corrected chi connectivity index (χ1v) is 10.3. The number of nitrogens with zero attached hydrogens (tertiary/aromatic N) is 2. The lowest BCUT2D eigenvalue weighted by molar-refractivity contribution is 0.0950. The quantitative estimate of drug-likeness (QED) is 0.322. The smallest absolute Gasteiger partial charge is 0.289 e. The predicted octanol–water partition coefficient (Wildman–Crippen LogP) is 5.04. The Morgan fingerprint density at radius 1 is 0.969 bits per heavy atom. The van der Waals surface area contributed by atoms with Crippen LogP contribution in [0.4, 0.5) is 0 Å². The molecule has 1 amide bonds. The fourth-order valence-electron chi connectivity index (χ4n) is 3.04. The molecule has 3 aromatic carbocycles. The fraction of sp³-hybridized carbons (Fsp3) is 0.115. The molecule has 160 valence electrons. The third-order valence-corrected chi connectivity index (χ3v) is 4.96. The average Bonchev–Trinajstić information content (AvgIpc) is 3.31. The van der Waals surface area contributed by atoms with E-state index in [1.54, 1.807) is 12.3 Å². The highest BCUT2D eigenvalue weighted by Crippen LogP contribution is 2.22. The van der Waals surface area contributed by atoms with Crippen molar-refractivity contribution in [2.75, 3.05) is 0 Å². The molecule has 0 spiro atoms. The number of aromatic amines is 1. The summed E-state index contributed by atoms with van der Waals surface area (Å²) in [7, 11) is 0. The van der Waals surface area contributed by atoms with Crippen LogP contribution < -0.4 is 10.2 Å². The number of benzene rings is 3. The minimum atomic E-state index is -0.356. The summed E-state index contributed by atoms with van der Waals surface area (Å²) in [5.41, 5.74) is 8.82. The molecule has 1 heterocycles. The zero-order chi connectivity index (χ0) is 22.3. The van der Waals surface area contributed by atoms with E-state index in [1.165, 1.54) is 11.1 Å². The number of carbonyl (C=O) groups excluding carboxylic acids is 1. The van der Waals surface area contributed by atoms with Crippen molar-refractivity contribution in [3.63, 3.8) is 0 Å². The van der Waals surface area contributed by atoms with Gasteiger partial charge in [-0.1, -0.05) is 59.7 Å². The van der Waals surface area contributed by atoms with Crippen LogP contribution in [0.1, 0.15) is 32.7 Å². The summed E-state index contributed by atoms with van der Waals surface area (Å²) in [4.78, 5) is 12.3. The lowest BCUT2D eigenvalue weighted by Crippen LogP contribution is -2.17. The van der Waals surface area contributed by atoms with Gasteiger partial charge < -0.3 is 4.74 Å². The number of hydrazone groups is 1. The maximum atomic E-state index is 12.3. The van der Waals surface area contributed by atoms with Gasteiger partial charge in [-0.15, -0.1) is 0 Å². The van der Waals surface area contributed by atoms with Crippen LogP contribution in [0.2, 0.25) is 0 Å². The lowest BCUT2D eigenvalue weighted by Gasteiger charge is -2.07. The summed E-state index contributed by atoms with van der Waals surface area (Å²) >= 11 is 0. The van der Waals surface area contributed by atoms with Crippen molar-refractivity contribution in [1.82, 2.24) is 15.6 Å². The van der Waals surface area contributed by atoms with Crippen LogP contribution in [0.3, 0.4) is 0 Å². The Kier molecular flexibility index (Phi) is 6.41. The van der Waals surface area contributed by atoms with Crippen molar-refractivity contribution in [3.05, 3.63) is 107 Å². The van der Waals surface area contributed by atoms with Gasteiger partial charge in [-0.25, -0.2) is 5.43 Å². The zero-order valence-electron chi connectivity index (χ0n) is 18.0. The van der Waals surface area contributed by atoms with Crippen LogP contribution in [0.5, 0.6) is 5.75 Å². The molecule has 0 atom stereocenters. The SMILES string of the molecule is Cc1ccc(/C=N/NC(=O)c2cc(-c3ccc(OCc4ccc(C)cc4)cc3)n[nH]2)cc1. The Balaban J connectivity index is 1.33. The Morgan fingerprint density at radius 3 is 2.31 bits per heavy atom. The number of hydrogen-bond donors (Lipinski definition) is 2. The molecule has 1 aromatic heterocycles. The molecule has 32 heavy (non-hydrogen) atoms. The molecule has 4 rings (SSSR count). The standard InChI is InChI=1S/C26H24N4O2/c1-18-3-7-20(8-4-18)16-27-30-26(31)25-15-24(28-29-25)22-11-13-23(14-12-22)32-17-21-9-5-19(2)6-10-21/h3-16H,17H2,1-2H3,(H,28,29)(H,30,31)/b27-16+. The summed E-state index contributed by atoms with van der Waals surface area (Å²) in [5, 5.41) is 11.0.